The largest absolute Gasteiger partial charge is 0.341 e. The van der Waals surface area contributed by atoms with Crippen molar-refractivity contribution in [3.05, 3.63) is 34.9 Å². The SMILES string of the molecule is CN(Cc1cccc(Cl)c1)C(=O)CCN1C(=O)[C@H]2CCCC[C@H]2C1=O. The van der Waals surface area contributed by atoms with Crippen molar-refractivity contribution in [3.63, 3.8) is 0 Å². The lowest BCUT2D eigenvalue weighted by Crippen LogP contribution is -2.36. The molecule has 0 bridgehead atoms. The standard InChI is InChI=1S/C19H23ClN2O3/c1-21(12-13-5-4-6-14(20)11-13)17(23)9-10-22-18(24)15-7-2-3-8-16(15)19(22)25/h4-6,11,15-16H,2-3,7-10,12H2,1H3/t15-,16+. The van der Waals surface area contributed by atoms with Crippen molar-refractivity contribution in [3.8, 4) is 0 Å². The summed E-state index contributed by atoms with van der Waals surface area (Å²) in [5, 5.41) is 0.634. The maximum absolute atomic E-state index is 12.4. The van der Waals surface area contributed by atoms with Gasteiger partial charge in [-0.25, -0.2) is 0 Å². The fraction of sp³-hybridized carbons (Fsp3) is 0.526. The fourth-order valence-electron chi connectivity index (χ4n) is 3.85. The predicted octanol–water partition coefficient (Wildman–Crippen LogP) is 2.86. The Balaban J connectivity index is 1.55. The van der Waals surface area contributed by atoms with Crippen LogP contribution in [0.2, 0.25) is 5.02 Å². The van der Waals surface area contributed by atoms with E-state index in [9.17, 15) is 14.4 Å². The second-order valence-corrected chi connectivity index (χ2v) is 7.39. The highest BCUT2D eigenvalue weighted by Crippen LogP contribution is 2.37. The average molecular weight is 363 g/mol. The molecule has 1 heterocycles. The van der Waals surface area contributed by atoms with E-state index < -0.39 is 0 Å². The summed E-state index contributed by atoms with van der Waals surface area (Å²) in [5.41, 5.74) is 0.947. The van der Waals surface area contributed by atoms with Crippen LogP contribution in [0.1, 0.15) is 37.7 Å². The molecule has 0 unspecified atom stereocenters. The molecule has 25 heavy (non-hydrogen) atoms. The van der Waals surface area contributed by atoms with Gasteiger partial charge in [-0.2, -0.15) is 0 Å². The lowest BCUT2D eigenvalue weighted by atomic mass is 9.81. The maximum Gasteiger partial charge on any atom is 0.233 e. The highest BCUT2D eigenvalue weighted by atomic mass is 35.5. The molecule has 0 aromatic heterocycles. The minimum Gasteiger partial charge on any atom is -0.341 e. The summed E-state index contributed by atoms with van der Waals surface area (Å²) < 4.78 is 0. The Morgan fingerprint density at radius 3 is 2.44 bits per heavy atom. The zero-order valence-electron chi connectivity index (χ0n) is 14.4. The third kappa shape index (κ3) is 3.87. The molecule has 134 valence electrons. The third-order valence-corrected chi connectivity index (χ3v) is 5.45. The molecule has 1 aromatic carbocycles. The molecule has 1 aliphatic heterocycles. The van der Waals surface area contributed by atoms with E-state index in [4.69, 9.17) is 11.6 Å². The molecule has 5 nitrogen and oxygen atoms in total. The van der Waals surface area contributed by atoms with Crippen LogP contribution >= 0.6 is 11.6 Å². The fourth-order valence-corrected chi connectivity index (χ4v) is 4.06. The molecule has 2 aliphatic rings. The minimum absolute atomic E-state index is 0.0833. The Hall–Kier alpha value is -1.88. The lowest BCUT2D eigenvalue weighted by Gasteiger charge is -2.20. The molecule has 1 saturated carbocycles. The van der Waals surface area contributed by atoms with E-state index in [0.29, 0.717) is 11.6 Å². The van der Waals surface area contributed by atoms with Crippen LogP contribution in [0.25, 0.3) is 0 Å². The van der Waals surface area contributed by atoms with E-state index in [0.717, 1.165) is 31.2 Å². The van der Waals surface area contributed by atoms with Crippen molar-refractivity contribution in [2.75, 3.05) is 13.6 Å². The number of nitrogens with zero attached hydrogens (tertiary/aromatic N) is 2. The first-order valence-electron chi connectivity index (χ1n) is 8.81. The molecule has 6 heteroatoms. The van der Waals surface area contributed by atoms with Crippen LogP contribution in [0.3, 0.4) is 0 Å². The third-order valence-electron chi connectivity index (χ3n) is 5.22. The number of rotatable bonds is 5. The number of likely N-dealkylation sites (tertiary alicyclic amines) is 1. The van der Waals surface area contributed by atoms with Crippen molar-refractivity contribution in [2.24, 2.45) is 11.8 Å². The number of hydrogen-bond donors (Lipinski definition) is 0. The van der Waals surface area contributed by atoms with Crippen LogP contribution in [0.5, 0.6) is 0 Å². The first kappa shape index (κ1) is 17.9. The Bertz CT molecular complexity index is 667. The number of hydrogen-bond acceptors (Lipinski definition) is 3. The number of benzene rings is 1. The smallest absolute Gasteiger partial charge is 0.233 e. The van der Waals surface area contributed by atoms with Crippen LogP contribution < -0.4 is 0 Å². The maximum atomic E-state index is 12.4. The van der Waals surface area contributed by atoms with Crippen molar-refractivity contribution < 1.29 is 14.4 Å². The molecule has 2 fully saturated rings. The number of amides is 3. The Morgan fingerprint density at radius 1 is 1.20 bits per heavy atom. The van der Waals surface area contributed by atoms with Crippen molar-refractivity contribution in [1.82, 2.24) is 9.80 Å². The van der Waals surface area contributed by atoms with E-state index in [2.05, 4.69) is 0 Å². The van der Waals surface area contributed by atoms with Crippen LogP contribution in [-0.4, -0.2) is 41.1 Å². The Labute approximate surface area is 152 Å². The predicted molar refractivity (Wildman–Crippen MR) is 94.7 cm³/mol. The molecule has 1 aromatic rings. The van der Waals surface area contributed by atoms with Crippen LogP contribution in [-0.2, 0) is 20.9 Å². The molecule has 0 radical (unpaired) electrons. The summed E-state index contributed by atoms with van der Waals surface area (Å²) in [6.45, 7) is 0.635. The van der Waals surface area contributed by atoms with Crippen LogP contribution in [0, 0.1) is 11.8 Å². The lowest BCUT2D eigenvalue weighted by molar-refractivity contribution is -0.140. The summed E-state index contributed by atoms with van der Waals surface area (Å²) in [7, 11) is 1.72. The van der Waals surface area contributed by atoms with Crippen molar-refractivity contribution in [1.29, 1.82) is 0 Å². The molecule has 0 N–H and O–H groups in total. The molecule has 1 saturated heterocycles. The first-order chi connectivity index (χ1) is 12.0. The van der Waals surface area contributed by atoms with E-state index in [1.165, 1.54) is 4.90 Å². The summed E-state index contributed by atoms with van der Waals surface area (Å²) >= 11 is 5.96. The highest BCUT2D eigenvalue weighted by Gasteiger charge is 2.47. The molecule has 3 amide bonds. The van der Waals surface area contributed by atoms with Gasteiger partial charge in [0, 0.05) is 31.6 Å². The number of halogens is 1. The number of carbonyl (C=O) groups excluding carboxylic acids is 3. The van der Waals surface area contributed by atoms with Gasteiger partial charge in [-0.1, -0.05) is 36.6 Å². The van der Waals surface area contributed by atoms with Gasteiger partial charge in [-0.3, -0.25) is 19.3 Å². The van der Waals surface area contributed by atoms with Gasteiger partial charge in [0.2, 0.25) is 17.7 Å². The summed E-state index contributed by atoms with van der Waals surface area (Å²) in [5.74, 6) is -0.559. The minimum atomic E-state index is -0.152. The van der Waals surface area contributed by atoms with Crippen LogP contribution in [0.4, 0.5) is 0 Å². The second kappa shape index (κ2) is 7.56. The summed E-state index contributed by atoms with van der Waals surface area (Å²) in [6.07, 6.45) is 3.78. The van der Waals surface area contributed by atoms with E-state index in [1.807, 2.05) is 18.2 Å². The quantitative estimate of drug-likeness (QED) is 0.757. The molecule has 2 atom stereocenters. The van der Waals surface area contributed by atoms with Gasteiger partial charge >= 0.3 is 0 Å². The second-order valence-electron chi connectivity index (χ2n) is 6.96. The molecule has 0 spiro atoms. The molecular formula is C19H23ClN2O3. The normalized spacial score (nSPS) is 22.9. The van der Waals surface area contributed by atoms with Gasteiger partial charge in [0.1, 0.15) is 0 Å². The van der Waals surface area contributed by atoms with Gasteiger partial charge in [0.05, 0.1) is 11.8 Å². The Kier molecular flexibility index (Phi) is 5.42. The van der Waals surface area contributed by atoms with Gasteiger partial charge in [0.15, 0.2) is 0 Å². The van der Waals surface area contributed by atoms with Gasteiger partial charge in [0.25, 0.3) is 0 Å². The number of fused-ring (bicyclic) bond motifs is 1. The highest BCUT2D eigenvalue weighted by molar-refractivity contribution is 6.30. The van der Waals surface area contributed by atoms with Gasteiger partial charge in [-0.15, -0.1) is 0 Å². The van der Waals surface area contributed by atoms with Crippen molar-refractivity contribution in [2.45, 2.75) is 38.6 Å². The van der Waals surface area contributed by atoms with Crippen LogP contribution in [0.15, 0.2) is 24.3 Å². The van der Waals surface area contributed by atoms with E-state index in [1.54, 1.807) is 18.0 Å². The molecular weight excluding hydrogens is 340 g/mol. The van der Waals surface area contributed by atoms with Crippen molar-refractivity contribution >= 4 is 29.3 Å². The average Bonchev–Trinajstić information content (AvgIpc) is 2.84. The number of carbonyl (C=O) groups is 3. The Morgan fingerprint density at radius 2 is 1.84 bits per heavy atom. The zero-order chi connectivity index (χ0) is 18.0. The van der Waals surface area contributed by atoms with Gasteiger partial charge in [-0.05, 0) is 30.5 Å². The van der Waals surface area contributed by atoms with E-state index in [-0.39, 0.29) is 42.5 Å². The molecule has 3 rings (SSSR count). The van der Waals surface area contributed by atoms with E-state index >= 15 is 0 Å². The summed E-state index contributed by atoms with van der Waals surface area (Å²) in [6, 6.07) is 7.37. The molecule has 1 aliphatic carbocycles. The van der Waals surface area contributed by atoms with Gasteiger partial charge < -0.3 is 4.90 Å². The number of imide groups is 1. The monoisotopic (exact) mass is 362 g/mol. The topological polar surface area (TPSA) is 57.7 Å². The summed E-state index contributed by atoms with van der Waals surface area (Å²) in [4.78, 5) is 40.1. The first-order valence-corrected chi connectivity index (χ1v) is 9.19. The zero-order valence-corrected chi connectivity index (χ0v) is 15.2.